The van der Waals surface area contributed by atoms with Crippen molar-refractivity contribution >= 4 is 12.6 Å². The second kappa shape index (κ2) is 7.37. The van der Waals surface area contributed by atoms with Gasteiger partial charge in [0.2, 0.25) is 0 Å². The first-order valence-electron chi connectivity index (χ1n) is 8.92. The lowest BCUT2D eigenvalue weighted by Gasteiger charge is -2.32. The Morgan fingerprint density at radius 3 is 1.83 bits per heavy atom. The quantitative estimate of drug-likeness (QED) is 0.774. The van der Waals surface area contributed by atoms with E-state index in [0.29, 0.717) is 5.92 Å². The van der Waals surface area contributed by atoms with Crippen molar-refractivity contribution in [2.75, 3.05) is 13.2 Å². The zero-order valence-electron chi connectivity index (χ0n) is 15.5. The van der Waals surface area contributed by atoms with E-state index in [1.165, 1.54) is 5.56 Å². The Hall–Kier alpha value is -0.835. The molecule has 4 heteroatoms. The molecule has 0 bridgehead atoms. The van der Waals surface area contributed by atoms with Gasteiger partial charge in [-0.05, 0) is 57.5 Å². The Bertz CT molecular complexity index is 474. The average molecular weight is 318 g/mol. The summed E-state index contributed by atoms with van der Waals surface area (Å²) in [6.07, 6.45) is 2.24. The highest BCUT2D eigenvalue weighted by molar-refractivity contribution is 6.62. The molecule has 1 aromatic rings. The van der Waals surface area contributed by atoms with Crippen LogP contribution in [0.25, 0.3) is 0 Å². The first kappa shape index (κ1) is 18.5. The Kier molecular flexibility index (Phi) is 5.93. The van der Waals surface area contributed by atoms with Crippen molar-refractivity contribution < 1.29 is 14.0 Å². The minimum atomic E-state index is -0.281. The summed E-state index contributed by atoms with van der Waals surface area (Å²) in [6, 6.07) is 8.73. The molecule has 3 rings (SSSR count). The van der Waals surface area contributed by atoms with E-state index in [-0.39, 0.29) is 18.3 Å². The van der Waals surface area contributed by atoms with Crippen molar-refractivity contribution in [2.45, 2.75) is 71.5 Å². The van der Waals surface area contributed by atoms with Gasteiger partial charge in [-0.15, -0.1) is 0 Å². The van der Waals surface area contributed by atoms with Gasteiger partial charge in [0.15, 0.2) is 0 Å². The zero-order valence-corrected chi connectivity index (χ0v) is 15.5. The maximum atomic E-state index is 6.09. The van der Waals surface area contributed by atoms with Crippen LogP contribution in [0.3, 0.4) is 0 Å². The van der Waals surface area contributed by atoms with Crippen LogP contribution in [-0.4, -0.2) is 31.5 Å². The third-order valence-corrected chi connectivity index (χ3v) is 5.15. The molecule has 3 nitrogen and oxygen atoms in total. The molecule has 23 heavy (non-hydrogen) atoms. The largest absolute Gasteiger partial charge is 0.494 e. The summed E-state index contributed by atoms with van der Waals surface area (Å²) in [6.45, 7) is 14.1. The van der Waals surface area contributed by atoms with Gasteiger partial charge in [-0.25, -0.2) is 0 Å². The van der Waals surface area contributed by atoms with E-state index >= 15 is 0 Å². The van der Waals surface area contributed by atoms with Crippen molar-refractivity contribution in [3.05, 3.63) is 29.8 Å². The molecular weight excluding hydrogens is 287 g/mol. The molecule has 2 heterocycles. The van der Waals surface area contributed by atoms with Crippen molar-refractivity contribution in [3.63, 3.8) is 0 Å². The van der Waals surface area contributed by atoms with E-state index in [1.54, 1.807) is 0 Å². The lowest BCUT2D eigenvalue weighted by Crippen LogP contribution is -2.41. The maximum Gasteiger partial charge on any atom is 0.494 e. The van der Waals surface area contributed by atoms with E-state index < -0.39 is 0 Å². The molecule has 0 radical (unpaired) electrons. The summed E-state index contributed by atoms with van der Waals surface area (Å²) in [5.41, 5.74) is 1.94. The number of hydrogen-bond donors (Lipinski definition) is 0. The van der Waals surface area contributed by atoms with Crippen molar-refractivity contribution in [3.8, 4) is 0 Å². The fourth-order valence-electron chi connectivity index (χ4n) is 2.94. The fraction of sp³-hybridized carbons (Fsp3) is 0.684. The average Bonchev–Trinajstić information content (AvgIpc) is 2.78. The second-order valence-corrected chi connectivity index (χ2v) is 7.14. The molecule has 0 aromatic heterocycles. The second-order valence-electron chi connectivity index (χ2n) is 7.14. The minimum absolute atomic E-state index is 0.265. The molecule has 0 aliphatic carbocycles. The minimum Gasteiger partial charge on any atom is -0.399 e. The Balaban J connectivity index is 0.000000924. The molecule has 0 spiro atoms. The van der Waals surface area contributed by atoms with Gasteiger partial charge in [0.05, 0.1) is 11.2 Å². The summed E-state index contributed by atoms with van der Waals surface area (Å²) in [7, 11) is -0.265. The first-order chi connectivity index (χ1) is 10.9. The van der Waals surface area contributed by atoms with E-state index in [4.69, 9.17) is 14.0 Å². The Labute approximate surface area is 141 Å². The van der Waals surface area contributed by atoms with Crippen LogP contribution >= 0.6 is 0 Å². The molecular formula is C19H31BO3. The lowest BCUT2D eigenvalue weighted by molar-refractivity contribution is 0.00578. The van der Waals surface area contributed by atoms with Gasteiger partial charge in [-0.3, -0.25) is 0 Å². The molecule has 2 aliphatic heterocycles. The zero-order chi connectivity index (χ0) is 17.1. The first-order valence-corrected chi connectivity index (χ1v) is 8.92. The van der Waals surface area contributed by atoms with Crippen LogP contribution < -0.4 is 5.46 Å². The van der Waals surface area contributed by atoms with Crippen LogP contribution in [0.2, 0.25) is 0 Å². The SMILES string of the molecule is CC.CC1(C)OB(c2ccc(C3CCOCC3)cc2)OC1(C)C. The molecule has 1 aromatic carbocycles. The van der Waals surface area contributed by atoms with Crippen molar-refractivity contribution in [2.24, 2.45) is 0 Å². The molecule has 0 amide bonds. The topological polar surface area (TPSA) is 27.7 Å². The predicted octanol–water partition coefficient (Wildman–Crippen LogP) is 3.91. The highest BCUT2D eigenvalue weighted by Crippen LogP contribution is 2.36. The Morgan fingerprint density at radius 2 is 1.35 bits per heavy atom. The summed E-state index contributed by atoms with van der Waals surface area (Å²) >= 11 is 0. The number of rotatable bonds is 2. The van der Waals surface area contributed by atoms with Gasteiger partial charge in [-0.1, -0.05) is 38.1 Å². The summed E-state index contributed by atoms with van der Waals surface area (Å²) in [5, 5.41) is 0. The summed E-state index contributed by atoms with van der Waals surface area (Å²) < 4.78 is 17.6. The number of hydrogen-bond acceptors (Lipinski definition) is 3. The van der Waals surface area contributed by atoms with E-state index in [9.17, 15) is 0 Å². The predicted molar refractivity (Wildman–Crippen MR) is 96.3 cm³/mol. The molecule has 0 saturated carbocycles. The molecule has 0 unspecified atom stereocenters. The van der Waals surface area contributed by atoms with Crippen LogP contribution in [0, 0.1) is 0 Å². The third-order valence-electron chi connectivity index (χ3n) is 5.15. The van der Waals surface area contributed by atoms with Crippen LogP contribution in [0.15, 0.2) is 24.3 Å². The Morgan fingerprint density at radius 1 is 0.870 bits per heavy atom. The van der Waals surface area contributed by atoms with Crippen molar-refractivity contribution in [1.29, 1.82) is 0 Å². The van der Waals surface area contributed by atoms with Gasteiger partial charge in [0, 0.05) is 13.2 Å². The van der Waals surface area contributed by atoms with E-state index in [0.717, 1.165) is 31.5 Å². The monoisotopic (exact) mass is 318 g/mol. The van der Waals surface area contributed by atoms with E-state index in [2.05, 4.69) is 52.0 Å². The highest BCUT2D eigenvalue weighted by atomic mass is 16.7. The number of ether oxygens (including phenoxy) is 1. The normalized spacial score (nSPS) is 23.3. The van der Waals surface area contributed by atoms with Gasteiger partial charge in [-0.2, -0.15) is 0 Å². The molecule has 128 valence electrons. The number of benzene rings is 1. The van der Waals surface area contributed by atoms with Crippen LogP contribution in [0.1, 0.15) is 65.9 Å². The van der Waals surface area contributed by atoms with Gasteiger partial charge in [0.25, 0.3) is 0 Å². The van der Waals surface area contributed by atoms with Crippen LogP contribution in [-0.2, 0) is 14.0 Å². The standard InChI is InChI=1S/C17H25BO3.C2H6/c1-16(2)17(3,4)21-18(20-16)15-7-5-13(6-8-15)14-9-11-19-12-10-14;1-2/h5-8,14H,9-12H2,1-4H3;1-2H3. The van der Waals surface area contributed by atoms with Crippen LogP contribution in [0.5, 0.6) is 0 Å². The van der Waals surface area contributed by atoms with Gasteiger partial charge >= 0.3 is 7.12 Å². The van der Waals surface area contributed by atoms with Gasteiger partial charge in [0.1, 0.15) is 0 Å². The summed E-state index contributed by atoms with van der Waals surface area (Å²) in [5.74, 6) is 0.631. The molecule has 2 aliphatic rings. The molecule has 0 N–H and O–H groups in total. The molecule has 0 atom stereocenters. The maximum absolute atomic E-state index is 6.09. The highest BCUT2D eigenvalue weighted by Gasteiger charge is 2.51. The van der Waals surface area contributed by atoms with Gasteiger partial charge < -0.3 is 14.0 Å². The molecule has 2 fully saturated rings. The summed E-state index contributed by atoms with van der Waals surface area (Å²) in [4.78, 5) is 0. The molecule has 2 saturated heterocycles. The third kappa shape index (κ3) is 3.99. The smallest absolute Gasteiger partial charge is 0.399 e. The van der Waals surface area contributed by atoms with Crippen LogP contribution in [0.4, 0.5) is 0 Å². The lowest BCUT2D eigenvalue weighted by atomic mass is 9.78. The fourth-order valence-corrected chi connectivity index (χ4v) is 2.94. The van der Waals surface area contributed by atoms with Crippen molar-refractivity contribution in [1.82, 2.24) is 0 Å². The van der Waals surface area contributed by atoms with E-state index in [1.807, 2.05) is 13.8 Å².